The van der Waals surface area contributed by atoms with Crippen molar-refractivity contribution in [3.05, 3.63) is 446 Å². The van der Waals surface area contributed by atoms with Crippen molar-refractivity contribution in [1.29, 1.82) is 0 Å². The summed E-state index contributed by atoms with van der Waals surface area (Å²) < 4.78 is 298. The predicted octanol–water partition coefficient (Wildman–Crippen LogP) is 32.5. The number of hydrogen-bond acceptors (Lipinski definition) is 6. The molecule has 0 bridgehead atoms. The van der Waals surface area contributed by atoms with Crippen LogP contribution < -0.4 is 19.6 Å². The van der Waals surface area contributed by atoms with Crippen LogP contribution in [-0.2, 0) is 74.6 Å². The number of para-hydroxylation sites is 6. The van der Waals surface area contributed by atoms with E-state index >= 15 is 0 Å². The molecule has 0 aliphatic carbocycles. The third kappa shape index (κ3) is 17.1. The predicted molar refractivity (Wildman–Crippen MR) is 555 cm³/mol. The first-order valence-electron chi connectivity index (χ1n) is 60.0. The Balaban J connectivity index is 0.000000211. The topological polar surface area (TPSA) is 48.6 Å². The Morgan fingerprint density at radius 1 is 0.269 bits per heavy atom. The van der Waals surface area contributed by atoms with E-state index in [1.54, 1.807) is 92.0 Å². The third-order valence-corrected chi connectivity index (χ3v) is 24.7. The molecule has 10 heteroatoms. The Bertz CT molecular complexity index is 9440. The SMILES string of the molecule is [2H]c1c([2H])c([2H])c(-c2cc(-c3c([2H])c([2H])c([2H])c([2H])c3[2H])c(N3[CH-]N(c4[c-]c(C(C)(C)c5[c-]c6c(cc5)c5c([2H])c([2H])c([2H])c([2H])c5n6-c5cc(C(C)(C)C)ccn5)ccc4)c4ccccc43)c(-c3c([2H])c([2H])c([2H])c([2H])c3[2H])c2)c([2H])c1[2H].[2H]c1c([2H])c([2H])c(-c2cc(C(C)(C)C)cc(-c3c([2H])c([2H])c([2H])c([2H])c3[2H])c2N2[CH-]N(c3[c-]c(C(C)(C)c4[c-]c5c(cc4)c4c([2H])c([2H])c([2H])c([2H])c4n5-c4cc(C(C)(C)C)ccn4)cc(C(C)(C)C)c3)c3ccccc32)c([2H])c1[2H].[Pt].[Pt]. The molecule has 0 fully saturated rings. The van der Waals surface area contributed by atoms with Gasteiger partial charge in [-0.2, -0.15) is 101 Å². The number of benzene rings is 15. The zero-order valence-electron chi connectivity index (χ0n) is 109. The minimum atomic E-state index is -0.915. The van der Waals surface area contributed by atoms with Gasteiger partial charge in [0.1, 0.15) is 11.6 Å². The van der Waals surface area contributed by atoms with Crippen LogP contribution >= 0.6 is 0 Å². The molecule has 8 nitrogen and oxygen atoms in total. The second-order valence-electron chi connectivity index (χ2n) is 38.1. The van der Waals surface area contributed by atoms with Crippen molar-refractivity contribution in [3.63, 3.8) is 0 Å². The number of rotatable bonds is 15. The Morgan fingerprint density at radius 3 is 1.01 bits per heavy atom. The Kier molecular flexibility index (Phi) is 15.9. The second-order valence-corrected chi connectivity index (χ2v) is 38.1. The van der Waals surface area contributed by atoms with E-state index in [2.05, 4.69) is 106 Å². The Morgan fingerprint density at radius 2 is 0.604 bits per heavy atom. The zero-order valence-corrected chi connectivity index (χ0v) is 81.0. The molecule has 15 aromatic carbocycles. The molecule has 19 aromatic rings. The molecule has 0 unspecified atom stereocenters. The van der Waals surface area contributed by atoms with Crippen LogP contribution in [0.3, 0.4) is 0 Å². The largest absolute Gasteiger partial charge is 0.493 e. The summed E-state index contributed by atoms with van der Waals surface area (Å²) in [7, 11) is 0. The number of pyridine rings is 2. The van der Waals surface area contributed by atoms with E-state index in [1.807, 2.05) is 131 Å². The number of aromatic nitrogens is 4. The fraction of sp³-hybridized carbons (Fsp3) is 0.177. The second kappa shape index (κ2) is 36.0. The van der Waals surface area contributed by atoms with Gasteiger partial charge in [0, 0.05) is 122 Å². The van der Waals surface area contributed by atoms with Crippen molar-refractivity contribution >= 4 is 89.1 Å². The van der Waals surface area contributed by atoms with Crippen LogP contribution in [-0.4, -0.2) is 19.1 Å². The van der Waals surface area contributed by atoms with Gasteiger partial charge in [0.15, 0.2) is 0 Å². The van der Waals surface area contributed by atoms with Crippen molar-refractivity contribution in [2.45, 2.75) is 143 Å². The van der Waals surface area contributed by atoms with Crippen LogP contribution in [0.4, 0.5) is 45.5 Å². The molecule has 672 valence electrons. The molecule has 0 spiro atoms. The van der Waals surface area contributed by atoms with Gasteiger partial charge in [-0.1, -0.05) is 333 Å². The number of fused-ring (bicyclic) bond motifs is 8. The van der Waals surface area contributed by atoms with E-state index in [0.717, 1.165) is 27.8 Å². The van der Waals surface area contributed by atoms with Crippen molar-refractivity contribution in [1.82, 2.24) is 19.1 Å². The molecule has 2 aliphatic heterocycles. The van der Waals surface area contributed by atoms with Gasteiger partial charge in [0.2, 0.25) is 0 Å². The molecule has 0 amide bonds. The summed E-state index contributed by atoms with van der Waals surface area (Å²) in [6, 6.07) is 42.2. The average Bonchev–Trinajstić information content (AvgIpc) is 1.44. The number of nitrogens with zero attached hydrogens (tertiary/aromatic N) is 8. The van der Waals surface area contributed by atoms with Crippen LogP contribution in [0.1, 0.15) is 201 Å². The van der Waals surface area contributed by atoms with Crippen LogP contribution in [0.5, 0.6) is 0 Å². The molecule has 0 atom stereocenters. The van der Waals surface area contributed by atoms with Gasteiger partial charge >= 0.3 is 0 Å². The van der Waals surface area contributed by atoms with Crippen LogP contribution in [0, 0.1) is 37.6 Å². The summed E-state index contributed by atoms with van der Waals surface area (Å²) in [6.45, 7) is 36.1. The molecular weight excluding hydrogens is 1990 g/mol. The third-order valence-electron chi connectivity index (χ3n) is 24.7. The van der Waals surface area contributed by atoms with E-state index in [0.29, 0.717) is 95.0 Å². The summed E-state index contributed by atoms with van der Waals surface area (Å²) in [5.41, 5.74) is 6.16. The molecule has 6 heterocycles. The zero-order chi connectivity index (χ0) is 120. The molecule has 2 aliphatic rings. The minimum absolute atomic E-state index is 0. The van der Waals surface area contributed by atoms with Crippen molar-refractivity contribution in [2.24, 2.45) is 0 Å². The van der Waals surface area contributed by atoms with Crippen molar-refractivity contribution in [2.75, 3.05) is 19.6 Å². The van der Waals surface area contributed by atoms with E-state index in [-0.39, 0.29) is 162 Å². The van der Waals surface area contributed by atoms with Crippen molar-refractivity contribution in [3.8, 4) is 67.3 Å². The first-order chi connectivity index (χ1) is 77.2. The Labute approximate surface area is 866 Å². The van der Waals surface area contributed by atoms with Gasteiger partial charge < -0.3 is 28.7 Å². The first kappa shape index (κ1) is 59.4. The summed E-state index contributed by atoms with van der Waals surface area (Å²) in [5.74, 6) is 0.917. The molecule has 0 N–H and O–H groups in total. The minimum Gasteiger partial charge on any atom is -0.493 e. The van der Waals surface area contributed by atoms with Gasteiger partial charge in [0.25, 0.3) is 0 Å². The Hall–Kier alpha value is -13.2. The standard InChI is InChI=1S/C63H61N4.C61H49N4.2Pt/c1-60(2,3)44-32-33-64-58(40-44)67-54-27-19-18-26-50(54)51-31-30-45(39-57(51)67)63(10,11)48-34-46(61(4,5)6)35-49(36-48)65-41-66(56-29-21-20-28-55(56)65)59-52(42-22-14-12-15-23-42)37-47(62(7,8)9)38-53(59)43-24-16-13-17-25-43;1-60(2,3)46-34-35-62-58(40-46)65-54-29-16-15-28-50(54)51-33-32-48(39-57(51)65)61(4,5)47-26-19-27-49(38-47)63-41-64(56-31-18-17-30-55(56)63)59-52(43-22-11-7-12-23-43)36-45(42-20-9-6-10-21-42)37-53(59)44-24-13-8-14-25-44;;/h12-35,37-38,40-41H,1-11H3;6-37,40-41H,1-5H3;;/q2*-3;;/i12D,13D,14D,15D,16D,17D,18D,19D,22D,23D,24D,25D,26D,27D;6D,7D,8D,9D,10D,11D,12D,13D,14D,15D,16D,20D,21D,22D,23D,24D,25D,28D,29D;;. The quantitative estimate of drug-likeness (QED) is 0.0954. The van der Waals surface area contributed by atoms with E-state index in [1.165, 1.54) is 12.1 Å². The van der Waals surface area contributed by atoms with E-state index in [4.69, 9.17) is 42.9 Å². The molecule has 21 rings (SSSR count). The fourth-order valence-electron chi connectivity index (χ4n) is 17.2. The smallest absolute Gasteiger partial charge is 0.135 e. The molecular formula is C124H110N8Pt2-6. The maximum atomic E-state index is 9.36. The van der Waals surface area contributed by atoms with E-state index < -0.39 is 190 Å². The number of anilines is 8. The summed E-state index contributed by atoms with van der Waals surface area (Å²) in [4.78, 5) is 16.6. The number of hydrogen-bond donors (Lipinski definition) is 0. The molecule has 134 heavy (non-hydrogen) atoms. The van der Waals surface area contributed by atoms with Crippen LogP contribution in [0.25, 0.3) is 111 Å². The molecule has 0 radical (unpaired) electrons. The summed E-state index contributed by atoms with van der Waals surface area (Å²) in [5, 5.41) is 1.79. The fourth-order valence-corrected chi connectivity index (χ4v) is 17.2. The maximum Gasteiger partial charge on any atom is 0.135 e. The van der Waals surface area contributed by atoms with Gasteiger partial charge in [-0.25, -0.2) is 9.97 Å². The van der Waals surface area contributed by atoms with Crippen LogP contribution in [0.15, 0.2) is 363 Å². The van der Waals surface area contributed by atoms with Crippen molar-refractivity contribution < 1.29 is 87.4 Å². The normalized spacial score (nSPS) is 16.4. The monoisotopic (exact) mass is 2130 g/mol. The van der Waals surface area contributed by atoms with Gasteiger partial charge in [0.05, 0.1) is 45.2 Å². The summed E-state index contributed by atoms with van der Waals surface area (Å²) >= 11 is 0. The molecule has 0 saturated heterocycles. The average molecular weight is 2140 g/mol. The van der Waals surface area contributed by atoms with Gasteiger partial charge in [-0.3, -0.25) is 0 Å². The van der Waals surface area contributed by atoms with Crippen LogP contribution in [0.2, 0.25) is 0 Å². The summed E-state index contributed by atoms with van der Waals surface area (Å²) in [6.07, 6.45) is 3.39. The maximum absolute atomic E-state index is 9.36. The van der Waals surface area contributed by atoms with E-state index in [9.17, 15) is 12.3 Å². The van der Waals surface area contributed by atoms with Gasteiger partial charge in [-0.05, 0) is 178 Å². The first-order valence-corrected chi connectivity index (χ1v) is 43.5. The van der Waals surface area contributed by atoms with Gasteiger partial charge in [-0.15, -0.1) is 41.6 Å². The molecule has 4 aromatic heterocycles. The molecule has 0 saturated carbocycles.